The fraction of sp³-hybridized carbons (Fsp3) is 0.125. The Kier molecular flexibility index (Phi) is 4.16. The van der Waals surface area contributed by atoms with Crippen molar-refractivity contribution in [1.82, 2.24) is 0 Å². The predicted octanol–water partition coefficient (Wildman–Crippen LogP) is 3.08. The van der Waals surface area contributed by atoms with Crippen LogP contribution < -0.4 is 5.32 Å². The minimum Gasteiger partial charge on any atom is -0.385 e. The van der Waals surface area contributed by atoms with Crippen LogP contribution in [0.3, 0.4) is 0 Å². The number of nitriles is 2. The highest BCUT2D eigenvalue weighted by molar-refractivity contribution is 5.49. The van der Waals surface area contributed by atoms with Gasteiger partial charge >= 0.3 is 0 Å². The summed E-state index contributed by atoms with van der Waals surface area (Å²) in [5.41, 5.74) is 3.47. The Morgan fingerprint density at radius 1 is 0.895 bits per heavy atom. The summed E-state index contributed by atoms with van der Waals surface area (Å²) in [5, 5.41) is 20.8. The molecule has 2 aromatic rings. The monoisotopic (exact) mass is 247 g/mol. The SMILES string of the molecule is N#Cc1ccc(CCNc2cccc(C#N)c2)cc1. The molecule has 0 heterocycles. The molecule has 92 valence electrons. The lowest BCUT2D eigenvalue weighted by atomic mass is 10.1. The molecular weight excluding hydrogens is 234 g/mol. The molecule has 0 spiro atoms. The molecule has 0 aliphatic rings. The Bertz CT molecular complexity index is 630. The molecule has 0 atom stereocenters. The number of anilines is 1. The normalized spacial score (nSPS) is 9.37. The maximum absolute atomic E-state index is 8.81. The number of benzene rings is 2. The lowest BCUT2D eigenvalue weighted by Crippen LogP contribution is -2.04. The largest absolute Gasteiger partial charge is 0.385 e. The summed E-state index contributed by atoms with van der Waals surface area (Å²) in [6.45, 7) is 0.792. The van der Waals surface area contributed by atoms with E-state index in [4.69, 9.17) is 10.5 Å². The van der Waals surface area contributed by atoms with Crippen LogP contribution in [0.1, 0.15) is 16.7 Å². The van der Waals surface area contributed by atoms with Crippen LogP contribution in [0.5, 0.6) is 0 Å². The van der Waals surface area contributed by atoms with E-state index in [0.717, 1.165) is 18.7 Å². The average Bonchev–Trinajstić information content (AvgIpc) is 2.48. The van der Waals surface area contributed by atoms with E-state index in [1.807, 2.05) is 42.5 Å². The Morgan fingerprint density at radius 3 is 2.32 bits per heavy atom. The molecule has 2 aromatic carbocycles. The van der Waals surface area contributed by atoms with Crippen LogP contribution in [-0.2, 0) is 6.42 Å². The first-order chi connectivity index (χ1) is 9.31. The molecule has 0 fully saturated rings. The Morgan fingerprint density at radius 2 is 1.63 bits per heavy atom. The van der Waals surface area contributed by atoms with Crippen LogP contribution in [0.2, 0.25) is 0 Å². The minimum absolute atomic E-state index is 0.656. The van der Waals surface area contributed by atoms with Crippen molar-refractivity contribution in [3.05, 3.63) is 65.2 Å². The molecule has 0 bridgehead atoms. The van der Waals surface area contributed by atoms with Crippen molar-refractivity contribution in [3.8, 4) is 12.1 Å². The second kappa shape index (κ2) is 6.23. The first kappa shape index (κ1) is 12.7. The zero-order valence-electron chi connectivity index (χ0n) is 10.4. The lowest BCUT2D eigenvalue weighted by molar-refractivity contribution is 1.02. The summed E-state index contributed by atoms with van der Waals surface area (Å²) in [6.07, 6.45) is 0.877. The van der Waals surface area contributed by atoms with Gasteiger partial charge in [-0.3, -0.25) is 0 Å². The molecule has 3 heteroatoms. The molecule has 19 heavy (non-hydrogen) atoms. The summed E-state index contributed by atoms with van der Waals surface area (Å²) in [6, 6.07) is 19.2. The van der Waals surface area contributed by atoms with E-state index in [1.54, 1.807) is 6.07 Å². The Hall–Kier alpha value is -2.78. The molecule has 0 amide bonds. The molecule has 0 saturated heterocycles. The number of rotatable bonds is 4. The van der Waals surface area contributed by atoms with E-state index in [0.29, 0.717) is 11.1 Å². The second-order valence-electron chi connectivity index (χ2n) is 4.18. The van der Waals surface area contributed by atoms with Crippen molar-refractivity contribution in [1.29, 1.82) is 10.5 Å². The molecule has 0 aromatic heterocycles. The summed E-state index contributed by atoms with van der Waals surface area (Å²) in [5.74, 6) is 0. The van der Waals surface area contributed by atoms with Crippen molar-refractivity contribution >= 4 is 5.69 Å². The third kappa shape index (κ3) is 3.59. The van der Waals surface area contributed by atoms with Gasteiger partial charge < -0.3 is 5.32 Å². The van der Waals surface area contributed by atoms with Crippen LogP contribution in [0, 0.1) is 22.7 Å². The predicted molar refractivity (Wildman–Crippen MR) is 74.5 cm³/mol. The van der Waals surface area contributed by atoms with E-state index in [2.05, 4.69) is 17.5 Å². The molecule has 0 aliphatic heterocycles. The first-order valence-corrected chi connectivity index (χ1v) is 6.05. The highest BCUT2D eigenvalue weighted by Crippen LogP contribution is 2.10. The Balaban J connectivity index is 1.89. The molecule has 0 unspecified atom stereocenters. The standard InChI is InChI=1S/C16H13N3/c17-11-14-6-4-13(5-7-14)8-9-19-16-3-1-2-15(10-16)12-18/h1-7,10,19H,8-9H2. The van der Waals surface area contributed by atoms with Gasteiger partial charge in [0.1, 0.15) is 0 Å². The maximum atomic E-state index is 8.81. The number of nitrogens with zero attached hydrogens (tertiary/aromatic N) is 2. The smallest absolute Gasteiger partial charge is 0.0992 e. The quantitative estimate of drug-likeness (QED) is 0.903. The van der Waals surface area contributed by atoms with Crippen LogP contribution in [-0.4, -0.2) is 6.54 Å². The van der Waals surface area contributed by atoms with Gasteiger partial charge in [-0.05, 0) is 42.3 Å². The zero-order valence-corrected chi connectivity index (χ0v) is 10.4. The van der Waals surface area contributed by atoms with Crippen molar-refractivity contribution in [3.63, 3.8) is 0 Å². The van der Waals surface area contributed by atoms with Gasteiger partial charge in [0.25, 0.3) is 0 Å². The van der Waals surface area contributed by atoms with Gasteiger partial charge in [0.15, 0.2) is 0 Å². The maximum Gasteiger partial charge on any atom is 0.0992 e. The van der Waals surface area contributed by atoms with Gasteiger partial charge in [-0.25, -0.2) is 0 Å². The molecule has 1 N–H and O–H groups in total. The van der Waals surface area contributed by atoms with Crippen molar-refractivity contribution < 1.29 is 0 Å². The summed E-state index contributed by atoms with van der Waals surface area (Å²) >= 11 is 0. The van der Waals surface area contributed by atoms with Crippen molar-refractivity contribution in [2.45, 2.75) is 6.42 Å². The fourth-order valence-corrected chi connectivity index (χ4v) is 1.80. The van der Waals surface area contributed by atoms with Gasteiger partial charge in [-0.15, -0.1) is 0 Å². The van der Waals surface area contributed by atoms with Gasteiger partial charge in [-0.2, -0.15) is 10.5 Å². The van der Waals surface area contributed by atoms with Crippen LogP contribution in [0.15, 0.2) is 48.5 Å². The summed E-state index contributed by atoms with van der Waals surface area (Å²) < 4.78 is 0. The lowest BCUT2D eigenvalue weighted by Gasteiger charge is -2.06. The molecule has 3 nitrogen and oxygen atoms in total. The van der Waals surface area contributed by atoms with E-state index < -0.39 is 0 Å². The molecular formula is C16H13N3. The third-order valence-electron chi connectivity index (χ3n) is 2.82. The van der Waals surface area contributed by atoms with Crippen LogP contribution in [0.4, 0.5) is 5.69 Å². The minimum atomic E-state index is 0.656. The van der Waals surface area contributed by atoms with E-state index in [-0.39, 0.29) is 0 Å². The summed E-state index contributed by atoms with van der Waals surface area (Å²) in [4.78, 5) is 0. The molecule has 0 radical (unpaired) electrons. The van der Waals surface area contributed by atoms with Gasteiger partial charge in [0.05, 0.1) is 23.3 Å². The highest BCUT2D eigenvalue weighted by Gasteiger charge is 1.96. The molecule has 0 aliphatic carbocycles. The third-order valence-corrected chi connectivity index (χ3v) is 2.82. The van der Waals surface area contributed by atoms with E-state index >= 15 is 0 Å². The van der Waals surface area contributed by atoms with Crippen LogP contribution >= 0.6 is 0 Å². The van der Waals surface area contributed by atoms with Gasteiger partial charge in [0.2, 0.25) is 0 Å². The zero-order chi connectivity index (χ0) is 13.5. The summed E-state index contributed by atoms with van der Waals surface area (Å²) in [7, 11) is 0. The van der Waals surface area contributed by atoms with Crippen molar-refractivity contribution in [2.75, 3.05) is 11.9 Å². The average molecular weight is 247 g/mol. The first-order valence-electron chi connectivity index (χ1n) is 6.05. The van der Waals surface area contributed by atoms with Crippen LogP contribution in [0.25, 0.3) is 0 Å². The van der Waals surface area contributed by atoms with Crippen molar-refractivity contribution in [2.24, 2.45) is 0 Å². The van der Waals surface area contributed by atoms with E-state index in [9.17, 15) is 0 Å². The number of nitrogens with one attached hydrogen (secondary N) is 1. The number of hydrogen-bond acceptors (Lipinski definition) is 3. The number of hydrogen-bond donors (Lipinski definition) is 1. The Labute approximate surface area is 112 Å². The van der Waals surface area contributed by atoms with Gasteiger partial charge in [0, 0.05) is 12.2 Å². The second-order valence-corrected chi connectivity index (χ2v) is 4.18. The molecule has 0 saturated carbocycles. The molecule has 2 rings (SSSR count). The topological polar surface area (TPSA) is 59.6 Å². The van der Waals surface area contributed by atoms with Gasteiger partial charge in [-0.1, -0.05) is 18.2 Å². The van der Waals surface area contributed by atoms with E-state index in [1.165, 1.54) is 5.56 Å². The highest BCUT2D eigenvalue weighted by atomic mass is 14.9. The fourth-order valence-electron chi connectivity index (χ4n) is 1.80.